The molecule has 8 heteroatoms. The highest BCUT2D eigenvalue weighted by molar-refractivity contribution is 5.89. The van der Waals surface area contributed by atoms with Crippen molar-refractivity contribution < 1.29 is 14.3 Å². The van der Waals surface area contributed by atoms with Gasteiger partial charge in [0.15, 0.2) is 0 Å². The predicted molar refractivity (Wildman–Crippen MR) is 66.2 cm³/mol. The number of hydrogen-bond acceptors (Lipinski definition) is 5. The third kappa shape index (κ3) is 2.69. The summed E-state index contributed by atoms with van der Waals surface area (Å²) in [4.78, 5) is 21.0. The maximum absolute atomic E-state index is 14.5. The molecule has 0 bridgehead atoms. The molecule has 102 valence electrons. The first kappa shape index (κ1) is 14.2. The first-order valence-corrected chi connectivity index (χ1v) is 5.83. The summed E-state index contributed by atoms with van der Waals surface area (Å²) in [5, 5.41) is 11.2. The van der Waals surface area contributed by atoms with Crippen molar-refractivity contribution in [3.8, 4) is 0 Å². The van der Waals surface area contributed by atoms with Crippen molar-refractivity contribution in [3.63, 3.8) is 0 Å². The second-order valence-corrected chi connectivity index (χ2v) is 3.60. The van der Waals surface area contributed by atoms with Crippen LogP contribution in [0, 0.1) is 0 Å². The normalized spacial score (nSPS) is 22.1. The van der Waals surface area contributed by atoms with E-state index in [1.54, 1.807) is 4.90 Å². The molecule has 1 rings (SSSR count). The van der Waals surface area contributed by atoms with Crippen LogP contribution in [0.15, 0.2) is 9.98 Å². The molecule has 0 aliphatic carbocycles. The molecule has 1 heterocycles. The fourth-order valence-electron chi connectivity index (χ4n) is 1.63. The van der Waals surface area contributed by atoms with Crippen LogP contribution in [0.5, 0.6) is 0 Å². The van der Waals surface area contributed by atoms with Gasteiger partial charge in [-0.15, -0.1) is 0 Å². The van der Waals surface area contributed by atoms with Gasteiger partial charge in [0, 0.05) is 19.6 Å². The zero-order chi connectivity index (χ0) is 13.8. The lowest BCUT2D eigenvalue weighted by Crippen LogP contribution is -2.58. The number of nitrogens with zero attached hydrogens (tertiary/aromatic N) is 4. The van der Waals surface area contributed by atoms with Gasteiger partial charge in [-0.3, -0.25) is 0 Å². The van der Waals surface area contributed by atoms with Gasteiger partial charge in [-0.2, -0.15) is 9.38 Å². The minimum atomic E-state index is -2.50. The minimum absolute atomic E-state index is 0.0261. The Hall–Kier alpha value is -1.86. The van der Waals surface area contributed by atoms with E-state index in [0.717, 1.165) is 6.34 Å². The monoisotopic (exact) mass is 259 g/mol. The molecule has 1 aliphatic heterocycles. The maximum atomic E-state index is 14.5. The first-order chi connectivity index (χ1) is 8.48. The van der Waals surface area contributed by atoms with E-state index in [-0.39, 0.29) is 12.5 Å². The molecule has 7 nitrogen and oxygen atoms in total. The van der Waals surface area contributed by atoms with Crippen molar-refractivity contribution >= 4 is 18.4 Å². The van der Waals surface area contributed by atoms with Crippen LogP contribution in [-0.2, 0) is 0 Å². The predicted octanol–water partition coefficient (Wildman–Crippen LogP) is 0.896. The number of aliphatic imine (C=N–C) groups is 2. The van der Waals surface area contributed by atoms with Gasteiger partial charge in [-0.1, -0.05) is 0 Å². The van der Waals surface area contributed by atoms with Crippen LogP contribution in [0.1, 0.15) is 20.8 Å². The molecule has 0 aromatic rings. The van der Waals surface area contributed by atoms with E-state index >= 15 is 0 Å². The van der Waals surface area contributed by atoms with Crippen LogP contribution >= 0.6 is 0 Å². The van der Waals surface area contributed by atoms with Crippen molar-refractivity contribution in [2.45, 2.75) is 26.8 Å². The number of carbonyl (C=O) groups is 1. The van der Waals surface area contributed by atoms with Crippen molar-refractivity contribution in [1.29, 1.82) is 0 Å². The number of hydrogen-bond donors (Lipinski definition) is 2. The van der Waals surface area contributed by atoms with Gasteiger partial charge in [0.1, 0.15) is 0 Å². The van der Waals surface area contributed by atoms with Gasteiger partial charge in [-0.05, 0) is 20.8 Å². The van der Waals surface area contributed by atoms with Crippen LogP contribution in [0.4, 0.5) is 9.18 Å². The highest BCUT2D eigenvalue weighted by Gasteiger charge is 2.41. The van der Waals surface area contributed by atoms with Gasteiger partial charge in [-0.25, -0.2) is 14.7 Å². The Morgan fingerprint density at radius 2 is 2.06 bits per heavy atom. The number of guanidine groups is 1. The standard InChI is InChI=1S/C10H18FN5O2/c1-4-15(5-2)8-12-7-13-10(11,14-8)16(6-3)9(17)18/h7H,4-6H2,1-3H3,(H,17,18)(H,12,13,14). The summed E-state index contributed by atoms with van der Waals surface area (Å²) in [5.41, 5.74) is 0. The van der Waals surface area contributed by atoms with Crippen molar-refractivity contribution in [1.82, 2.24) is 15.1 Å². The minimum Gasteiger partial charge on any atom is -0.465 e. The average molecular weight is 259 g/mol. The van der Waals surface area contributed by atoms with E-state index < -0.39 is 12.1 Å². The van der Waals surface area contributed by atoms with Gasteiger partial charge in [0.25, 0.3) is 0 Å². The Kier molecular flexibility index (Phi) is 4.46. The fraction of sp³-hybridized carbons (Fsp3) is 0.700. The molecule has 1 atom stereocenters. The maximum Gasteiger partial charge on any atom is 0.412 e. The van der Waals surface area contributed by atoms with Crippen molar-refractivity contribution in [2.75, 3.05) is 19.6 Å². The molecule has 2 N–H and O–H groups in total. The topological polar surface area (TPSA) is 80.5 Å². The molecule has 0 fully saturated rings. The van der Waals surface area contributed by atoms with Crippen molar-refractivity contribution in [3.05, 3.63) is 0 Å². The number of halogens is 1. The van der Waals surface area contributed by atoms with Gasteiger partial charge in [0.2, 0.25) is 5.96 Å². The Morgan fingerprint density at radius 1 is 1.44 bits per heavy atom. The quantitative estimate of drug-likeness (QED) is 0.735. The summed E-state index contributed by atoms with van der Waals surface area (Å²) in [5.74, 6) is 0.181. The summed E-state index contributed by atoms with van der Waals surface area (Å²) < 4.78 is 14.5. The molecule has 0 aromatic heterocycles. The van der Waals surface area contributed by atoms with Crippen LogP contribution in [0.3, 0.4) is 0 Å². The summed E-state index contributed by atoms with van der Waals surface area (Å²) >= 11 is 0. The van der Waals surface area contributed by atoms with E-state index in [1.165, 1.54) is 6.92 Å². The summed E-state index contributed by atoms with van der Waals surface area (Å²) in [6.45, 7) is 6.51. The Morgan fingerprint density at radius 3 is 2.50 bits per heavy atom. The highest BCUT2D eigenvalue weighted by atomic mass is 19.2. The molecule has 1 aliphatic rings. The second-order valence-electron chi connectivity index (χ2n) is 3.60. The van der Waals surface area contributed by atoms with E-state index in [1.807, 2.05) is 13.8 Å². The number of amides is 1. The van der Waals surface area contributed by atoms with Crippen molar-refractivity contribution in [2.24, 2.45) is 9.98 Å². The largest absolute Gasteiger partial charge is 0.465 e. The summed E-state index contributed by atoms with van der Waals surface area (Å²) in [6, 6.07) is -2.50. The van der Waals surface area contributed by atoms with E-state index in [4.69, 9.17) is 5.11 Å². The lowest BCUT2D eigenvalue weighted by atomic mass is 10.5. The second kappa shape index (κ2) is 5.65. The zero-order valence-corrected chi connectivity index (χ0v) is 10.7. The lowest BCUT2D eigenvalue weighted by molar-refractivity contribution is -0.0239. The van der Waals surface area contributed by atoms with Crippen LogP contribution in [0.25, 0.3) is 0 Å². The third-order valence-corrected chi connectivity index (χ3v) is 2.63. The van der Waals surface area contributed by atoms with Gasteiger partial charge >= 0.3 is 12.1 Å². The first-order valence-electron chi connectivity index (χ1n) is 5.83. The van der Waals surface area contributed by atoms with E-state index in [9.17, 15) is 9.18 Å². The molecule has 0 saturated heterocycles. The van der Waals surface area contributed by atoms with E-state index in [0.29, 0.717) is 18.0 Å². The molecule has 0 aromatic carbocycles. The number of nitrogens with one attached hydrogen (secondary N) is 1. The number of rotatable bonds is 4. The number of carboxylic acid groups (broad SMARTS) is 1. The zero-order valence-electron chi connectivity index (χ0n) is 10.7. The van der Waals surface area contributed by atoms with E-state index in [2.05, 4.69) is 15.3 Å². The molecule has 0 radical (unpaired) electrons. The fourth-order valence-corrected chi connectivity index (χ4v) is 1.63. The molecule has 0 saturated carbocycles. The highest BCUT2D eigenvalue weighted by Crippen LogP contribution is 2.19. The smallest absolute Gasteiger partial charge is 0.412 e. The lowest BCUT2D eigenvalue weighted by Gasteiger charge is -2.34. The van der Waals surface area contributed by atoms with Crippen LogP contribution in [-0.4, -0.2) is 59.0 Å². The Balaban J connectivity index is 3.03. The van der Waals surface area contributed by atoms with Crippen LogP contribution < -0.4 is 5.32 Å². The molecular weight excluding hydrogens is 241 g/mol. The average Bonchev–Trinajstić information content (AvgIpc) is 2.30. The summed E-state index contributed by atoms with van der Waals surface area (Å²) in [7, 11) is 0. The number of alkyl halides is 1. The van der Waals surface area contributed by atoms with Crippen LogP contribution in [0.2, 0.25) is 0 Å². The third-order valence-electron chi connectivity index (χ3n) is 2.63. The molecule has 1 amide bonds. The summed E-state index contributed by atoms with van der Waals surface area (Å²) in [6.07, 6.45) is -0.253. The van der Waals surface area contributed by atoms with Gasteiger partial charge < -0.3 is 15.3 Å². The molecule has 1 unspecified atom stereocenters. The Labute approximate surface area is 105 Å². The SMILES string of the molecule is CCN(CC)C1=NC(F)(N(CC)C(=O)O)NC=N1. The molecular formula is C10H18FN5O2. The van der Waals surface area contributed by atoms with Gasteiger partial charge in [0.05, 0.1) is 6.34 Å². The molecule has 18 heavy (non-hydrogen) atoms. The molecule has 0 spiro atoms. The Bertz CT molecular complexity index is 369.